The molecule has 1 amide bonds. The smallest absolute Gasteiger partial charge is 0.293 e. The average Bonchev–Trinajstić information content (AvgIpc) is 2.36. The van der Waals surface area contributed by atoms with E-state index in [1.807, 2.05) is 0 Å². The van der Waals surface area contributed by atoms with Gasteiger partial charge < -0.3 is 11.1 Å². The quantitative estimate of drug-likeness (QED) is 0.637. The van der Waals surface area contributed by atoms with Gasteiger partial charge >= 0.3 is 0 Å². The molecule has 6 nitrogen and oxygen atoms in total. The number of carbonyl (C=O) groups excluding carboxylic acids is 1. The van der Waals surface area contributed by atoms with Crippen LogP contribution in [0.2, 0.25) is 0 Å². The molecule has 2 rings (SSSR count). The third kappa shape index (κ3) is 2.96. The molecule has 0 atom stereocenters. The zero-order valence-corrected chi connectivity index (χ0v) is 11.5. The van der Waals surface area contributed by atoms with Crippen LogP contribution in [0, 0.1) is 22.5 Å². The lowest BCUT2D eigenvalue weighted by Crippen LogP contribution is -2.40. The number of aryl methyl sites for hydroxylation is 1. The lowest BCUT2D eigenvalue weighted by atomic mass is 9.66. The van der Waals surface area contributed by atoms with E-state index in [0.717, 1.165) is 24.8 Å². The van der Waals surface area contributed by atoms with Crippen LogP contribution in [-0.2, 0) is 4.79 Å². The zero-order chi connectivity index (χ0) is 14.8. The molecule has 1 aliphatic carbocycles. The second kappa shape index (κ2) is 5.58. The molecular weight excluding hydrogens is 258 g/mol. The Balaban J connectivity index is 2.10. The maximum absolute atomic E-state index is 12.1. The second-order valence-electron chi connectivity index (χ2n) is 5.56. The number of carbonyl (C=O) groups is 1. The summed E-state index contributed by atoms with van der Waals surface area (Å²) in [6.45, 7) is 2.26. The van der Waals surface area contributed by atoms with Crippen LogP contribution in [0.1, 0.15) is 31.2 Å². The fourth-order valence-corrected chi connectivity index (χ4v) is 2.56. The molecule has 0 unspecified atom stereocenters. The molecule has 0 aliphatic heterocycles. The number of nitro groups is 1. The van der Waals surface area contributed by atoms with Crippen molar-refractivity contribution in [2.75, 3.05) is 11.9 Å². The van der Waals surface area contributed by atoms with Gasteiger partial charge in [-0.25, -0.2) is 0 Å². The Morgan fingerprint density at radius 2 is 2.20 bits per heavy atom. The van der Waals surface area contributed by atoms with Crippen molar-refractivity contribution in [3.05, 3.63) is 33.9 Å². The maximum atomic E-state index is 12.1. The number of nitro benzene ring substituents is 1. The van der Waals surface area contributed by atoms with E-state index >= 15 is 0 Å². The lowest BCUT2D eigenvalue weighted by molar-refractivity contribution is -0.384. The molecule has 1 fully saturated rings. The Hall–Kier alpha value is -1.95. The van der Waals surface area contributed by atoms with Gasteiger partial charge in [-0.1, -0.05) is 12.5 Å². The Labute approximate surface area is 117 Å². The number of amides is 1. The molecule has 1 aromatic carbocycles. The van der Waals surface area contributed by atoms with E-state index in [2.05, 4.69) is 5.32 Å². The van der Waals surface area contributed by atoms with Gasteiger partial charge in [-0.2, -0.15) is 0 Å². The zero-order valence-electron chi connectivity index (χ0n) is 11.5. The van der Waals surface area contributed by atoms with E-state index in [4.69, 9.17) is 5.73 Å². The van der Waals surface area contributed by atoms with Crippen LogP contribution in [0.5, 0.6) is 0 Å². The topological polar surface area (TPSA) is 98.3 Å². The first-order chi connectivity index (χ1) is 9.46. The molecule has 0 radical (unpaired) electrons. The Kier molecular flexibility index (Phi) is 4.04. The van der Waals surface area contributed by atoms with Gasteiger partial charge in [0.05, 0.1) is 4.92 Å². The van der Waals surface area contributed by atoms with E-state index in [9.17, 15) is 14.9 Å². The van der Waals surface area contributed by atoms with Crippen molar-refractivity contribution in [1.82, 2.24) is 0 Å². The third-order valence-corrected chi connectivity index (χ3v) is 4.01. The molecule has 0 aromatic heterocycles. The molecule has 20 heavy (non-hydrogen) atoms. The third-order valence-electron chi connectivity index (χ3n) is 4.01. The van der Waals surface area contributed by atoms with E-state index in [1.165, 1.54) is 6.07 Å². The van der Waals surface area contributed by atoms with Crippen LogP contribution in [-0.4, -0.2) is 17.4 Å². The van der Waals surface area contributed by atoms with Crippen LogP contribution in [0.15, 0.2) is 18.2 Å². The largest absolute Gasteiger partial charge is 0.330 e. The summed E-state index contributed by atoms with van der Waals surface area (Å²) in [5.74, 6) is -0.206. The number of rotatable bonds is 5. The number of benzene rings is 1. The number of nitrogens with zero attached hydrogens (tertiary/aromatic N) is 1. The predicted molar refractivity (Wildman–Crippen MR) is 76.4 cm³/mol. The summed E-state index contributed by atoms with van der Waals surface area (Å²) < 4.78 is 0. The number of anilines is 1. The van der Waals surface area contributed by atoms with Crippen LogP contribution in [0.4, 0.5) is 11.4 Å². The molecule has 0 saturated heterocycles. The van der Waals surface area contributed by atoms with E-state index in [0.29, 0.717) is 13.0 Å². The molecule has 0 bridgehead atoms. The van der Waals surface area contributed by atoms with Crippen molar-refractivity contribution in [1.29, 1.82) is 0 Å². The van der Waals surface area contributed by atoms with Gasteiger partial charge in [0.25, 0.3) is 5.69 Å². The summed E-state index contributed by atoms with van der Waals surface area (Å²) in [4.78, 5) is 22.6. The predicted octanol–water partition coefficient (Wildman–Crippen LogP) is 2.36. The maximum Gasteiger partial charge on any atom is 0.293 e. The van der Waals surface area contributed by atoms with Crippen LogP contribution in [0.25, 0.3) is 0 Å². The molecule has 1 aromatic rings. The number of hydrogen-bond donors (Lipinski definition) is 2. The summed E-state index contributed by atoms with van der Waals surface area (Å²) in [6, 6.07) is 4.77. The van der Waals surface area contributed by atoms with Gasteiger partial charge in [-0.15, -0.1) is 0 Å². The van der Waals surface area contributed by atoms with Gasteiger partial charge in [0.15, 0.2) is 0 Å². The molecular formula is C14H19N3O3. The first-order valence-corrected chi connectivity index (χ1v) is 6.71. The van der Waals surface area contributed by atoms with Gasteiger partial charge in [-0.3, -0.25) is 14.9 Å². The molecule has 1 aliphatic rings. The number of nitrogens with one attached hydrogen (secondary N) is 1. The van der Waals surface area contributed by atoms with Crippen molar-refractivity contribution < 1.29 is 9.72 Å². The SMILES string of the molecule is Cc1ccc(NC(=O)CC2(CN)CCC2)c([N+](=O)[O-])c1. The van der Waals surface area contributed by atoms with Gasteiger partial charge in [-0.05, 0) is 43.4 Å². The standard InChI is InChI=1S/C14H19N3O3/c1-10-3-4-11(12(7-10)17(19)20)16-13(18)8-14(9-15)5-2-6-14/h3-4,7H,2,5-6,8-9,15H2,1H3,(H,16,18). The molecule has 1 saturated carbocycles. The molecule has 3 N–H and O–H groups in total. The Bertz CT molecular complexity index is 533. The Morgan fingerprint density at radius 1 is 1.50 bits per heavy atom. The lowest BCUT2D eigenvalue weighted by Gasteiger charge is -2.40. The van der Waals surface area contributed by atoms with Gasteiger partial charge in [0, 0.05) is 12.5 Å². The highest BCUT2D eigenvalue weighted by Crippen LogP contribution is 2.43. The van der Waals surface area contributed by atoms with Gasteiger partial charge in [0.1, 0.15) is 5.69 Å². The summed E-state index contributed by atoms with van der Waals surface area (Å²) in [5, 5.41) is 13.6. The number of nitrogens with two attached hydrogens (primary N) is 1. The van der Waals surface area contributed by atoms with Crippen molar-refractivity contribution in [3.8, 4) is 0 Å². The van der Waals surface area contributed by atoms with Crippen molar-refractivity contribution in [3.63, 3.8) is 0 Å². The van der Waals surface area contributed by atoms with Crippen LogP contribution < -0.4 is 11.1 Å². The molecule has 0 spiro atoms. The van der Waals surface area contributed by atoms with Crippen LogP contribution in [0.3, 0.4) is 0 Å². The van der Waals surface area contributed by atoms with E-state index < -0.39 is 4.92 Å². The van der Waals surface area contributed by atoms with Crippen molar-refractivity contribution in [2.45, 2.75) is 32.6 Å². The minimum atomic E-state index is -0.481. The minimum Gasteiger partial charge on any atom is -0.330 e. The fraction of sp³-hybridized carbons (Fsp3) is 0.500. The first kappa shape index (κ1) is 14.5. The summed E-state index contributed by atoms with van der Waals surface area (Å²) in [5.41, 5.74) is 6.57. The van der Waals surface area contributed by atoms with Crippen LogP contribution >= 0.6 is 0 Å². The highest BCUT2D eigenvalue weighted by Gasteiger charge is 2.37. The molecule has 0 heterocycles. The van der Waals surface area contributed by atoms with Gasteiger partial charge in [0.2, 0.25) is 5.91 Å². The van der Waals surface area contributed by atoms with Crippen molar-refractivity contribution >= 4 is 17.3 Å². The normalized spacial score (nSPS) is 16.3. The monoisotopic (exact) mass is 277 g/mol. The average molecular weight is 277 g/mol. The first-order valence-electron chi connectivity index (χ1n) is 6.71. The van der Waals surface area contributed by atoms with E-state index in [-0.39, 0.29) is 22.7 Å². The fourth-order valence-electron chi connectivity index (χ4n) is 2.56. The van der Waals surface area contributed by atoms with E-state index in [1.54, 1.807) is 19.1 Å². The molecule has 6 heteroatoms. The highest BCUT2D eigenvalue weighted by molar-refractivity contribution is 5.93. The Morgan fingerprint density at radius 3 is 2.70 bits per heavy atom. The summed E-state index contributed by atoms with van der Waals surface area (Å²) in [6.07, 6.45) is 3.32. The summed E-state index contributed by atoms with van der Waals surface area (Å²) >= 11 is 0. The second-order valence-corrected chi connectivity index (χ2v) is 5.56. The number of hydrogen-bond acceptors (Lipinski definition) is 4. The molecule has 108 valence electrons. The van der Waals surface area contributed by atoms with Crippen molar-refractivity contribution in [2.24, 2.45) is 11.1 Å². The summed E-state index contributed by atoms with van der Waals surface area (Å²) in [7, 11) is 0. The minimum absolute atomic E-state index is 0.0752. The highest BCUT2D eigenvalue weighted by atomic mass is 16.6.